The minimum absolute atomic E-state index is 0.133. The van der Waals surface area contributed by atoms with Crippen LogP contribution in [0.5, 0.6) is 0 Å². The molecule has 0 radical (unpaired) electrons. The average molecular weight is 194 g/mol. The van der Waals surface area contributed by atoms with E-state index in [1.54, 1.807) is 12.1 Å². The molecule has 0 N–H and O–H groups in total. The fourth-order valence-electron chi connectivity index (χ4n) is 1.50. The van der Waals surface area contributed by atoms with Crippen LogP contribution in [-0.4, -0.2) is 10.8 Å². The number of fused-ring (bicyclic) bond motifs is 1. The molecule has 0 atom stereocenters. The van der Waals surface area contributed by atoms with Crippen LogP contribution in [-0.2, 0) is 11.2 Å². The van der Waals surface area contributed by atoms with Crippen LogP contribution < -0.4 is 0 Å². The number of carbonyl (C=O) groups is 1. The van der Waals surface area contributed by atoms with E-state index in [1.807, 2.05) is 13.0 Å². The van der Waals surface area contributed by atoms with E-state index in [4.69, 9.17) is 11.6 Å². The lowest BCUT2D eigenvalue weighted by Gasteiger charge is -2.12. The van der Waals surface area contributed by atoms with E-state index in [0.717, 1.165) is 16.8 Å². The highest BCUT2D eigenvalue weighted by molar-refractivity contribution is 6.29. The zero-order chi connectivity index (χ0) is 9.42. The Hall–Kier alpha value is -1.15. The first-order chi connectivity index (χ1) is 6.16. The van der Waals surface area contributed by atoms with Crippen LogP contribution in [0.3, 0.4) is 0 Å². The number of allylic oxidation sites excluding steroid dienone is 2. The third-order valence-corrected chi connectivity index (χ3v) is 2.27. The van der Waals surface area contributed by atoms with Gasteiger partial charge in [0.1, 0.15) is 5.15 Å². The molecule has 0 spiro atoms. The van der Waals surface area contributed by atoms with Gasteiger partial charge in [0, 0.05) is 6.42 Å². The van der Waals surface area contributed by atoms with Gasteiger partial charge in [-0.05, 0) is 30.2 Å². The average Bonchev–Trinajstić information content (AvgIpc) is 2.06. The summed E-state index contributed by atoms with van der Waals surface area (Å²) in [7, 11) is 0. The zero-order valence-electron chi connectivity index (χ0n) is 7.17. The summed E-state index contributed by atoms with van der Waals surface area (Å²) in [5, 5.41) is 0.473. The fraction of sp³-hybridized carbons (Fsp3) is 0.200. The minimum Gasteiger partial charge on any atom is -0.294 e. The van der Waals surface area contributed by atoms with Crippen LogP contribution in [0, 0.1) is 0 Å². The SMILES string of the molecule is CC1=CC(=O)Cc2ccc(Cl)nc21. The second kappa shape index (κ2) is 2.96. The summed E-state index contributed by atoms with van der Waals surface area (Å²) in [6.07, 6.45) is 2.06. The number of rotatable bonds is 0. The van der Waals surface area contributed by atoms with Gasteiger partial charge in [0.15, 0.2) is 5.78 Å². The molecule has 3 heteroatoms. The third kappa shape index (κ3) is 1.49. The fourth-order valence-corrected chi connectivity index (χ4v) is 1.64. The third-order valence-electron chi connectivity index (χ3n) is 2.06. The first kappa shape index (κ1) is 8.45. The first-order valence-electron chi connectivity index (χ1n) is 4.04. The van der Waals surface area contributed by atoms with E-state index in [2.05, 4.69) is 4.98 Å². The van der Waals surface area contributed by atoms with Crippen LogP contribution in [0.2, 0.25) is 5.15 Å². The van der Waals surface area contributed by atoms with Gasteiger partial charge in [-0.25, -0.2) is 4.98 Å². The van der Waals surface area contributed by atoms with Crippen LogP contribution in [0.1, 0.15) is 18.2 Å². The van der Waals surface area contributed by atoms with Crippen molar-refractivity contribution in [3.05, 3.63) is 34.6 Å². The highest BCUT2D eigenvalue weighted by Crippen LogP contribution is 2.23. The van der Waals surface area contributed by atoms with E-state index >= 15 is 0 Å². The molecule has 0 fully saturated rings. The van der Waals surface area contributed by atoms with Gasteiger partial charge in [-0.3, -0.25) is 4.79 Å². The van der Waals surface area contributed by atoms with Crippen molar-refractivity contribution in [1.82, 2.24) is 4.98 Å². The summed E-state index contributed by atoms with van der Waals surface area (Å²) in [4.78, 5) is 15.4. The molecular weight excluding hydrogens is 186 g/mol. The summed E-state index contributed by atoms with van der Waals surface area (Å²) in [6, 6.07) is 3.57. The summed E-state index contributed by atoms with van der Waals surface area (Å²) in [5.41, 5.74) is 2.72. The molecule has 0 aliphatic heterocycles. The maximum atomic E-state index is 11.2. The molecule has 2 rings (SSSR count). The Balaban J connectivity index is 2.60. The van der Waals surface area contributed by atoms with E-state index in [9.17, 15) is 4.79 Å². The summed E-state index contributed by atoms with van der Waals surface area (Å²) < 4.78 is 0. The number of nitrogens with zero attached hydrogens (tertiary/aromatic N) is 1. The molecule has 13 heavy (non-hydrogen) atoms. The maximum Gasteiger partial charge on any atom is 0.160 e. The van der Waals surface area contributed by atoms with Gasteiger partial charge >= 0.3 is 0 Å². The standard InChI is InChI=1S/C10H8ClNO/c1-6-4-8(13)5-7-2-3-9(11)12-10(6)7/h2-4H,5H2,1H3. The molecular formula is C10H8ClNO. The number of carbonyl (C=O) groups excluding carboxylic acids is 1. The first-order valence-corrected chi connectivity index (χ1v) is 4.41. The highest BCUT2D eigenvalue weighted by atomic mass is 35.5. The number of ketones is 1. The van der Waals surface area contributed by atoms with Crippen molar-refractivity contribution in [2.75, 3.05) is 0 Å². The van der Waals surface area contributed by atoms with Crippen molar-refractivity contribution in [3.8, 4) is 0 Å². The van der Waals surface area contributed by atoms with Gasteiger partial charge in [-0.1, -0.05) is 17.7 Å². The molecule has 0 saturated heterocycles. The Labute approximate surface area is 81.2 Å². The number of halogens is 1. The second-order valence-electron chi connectivity index (χ2n) is 3.11. The molecule has 0 unspecified atom stereocenters. The summed E-state index contributed by atoms with van der Waals surface area (Å²) in [5.74, 6) is 0.133. The molecule has 0 aromatic carbocycles. The van der Waals surface area contributed by atoms with Crippen molar-refractivity contribution in [2.45, 2.75) is 13.3 Å². The maximum absolute atomic E-state index is 11.2. The van der Waals surface area contributed by atoms with Gasteiger partial charge < -0.3 is 0 Å². The van der Waals surface area contributed by atoms with E-state index in [-0.39, 0.29) is 5.78 Å². The second-order valence-corrected chi connectivity index (χ2v) is 3.50. The molecule has 0 amide bonds. The van der Waals surface area contributed by atoms with E-state index in [1.165, 1.54) is 0 Å². The molecule has 1 aliphatic carbocycles. The Morgan fingerprint density at radius 3 is 3.00 bits per heavy atom. The number of pyridine rings is 1. The number of aromatic nitrogens is 1. The monoisotopic (exact) mass is 193 g/mol. The van der Waals surface area contributed by atoms with Gasteiger partial charge in [0.2, 0.25) is 0 Å². The molecule has 0 saturated carbocycles. The molecule has 1 aromatic heterocycles. The summed E-state index contributed by atoms with van der Waals surface area (Å²) >= 11 is 5.76. The molecule has 1 heterocycles. The van der Waals surface area contributed by atoms with E-state index in [0.29, 0.717) is 11.6 Å². The van der Waals surface area contributed by atoms with Gasteiger partial charge in [-0.2, -0.15) is 0 Å². The number of hydrogen-bond donors (Lipinski definition) is 0. The molecule has 0 bridgehead atoms. The van der Waals surface area contributed by atoms with Crippen LogP contribution >= 0.6 is 11.6 Å². The zero-order valence-corrected chi connectivity index (χ0v) is 7.93. The Morgan fingerprint density at radius 2 is 2.23 bits per heavy atom. The lowest BCUT2D eigenvalue weighted by atomic mass is 9.96. The number of hydrogen-bond acceptors (Lipinski definition) is 2. The quantitative estimate of drug-likeness (QED) is 0.592. The van der Waals surface area contributed by atoms with Crippen LogP contribution in [0.4, 0.5) is 0 Å². The lowest BCUT2D eigenvalue weighted by molar-refractivity contribution is -0.114. The molecule has 2 nitrogen and oxygen atoms in total. The minimum atomic E-state index is 0.133. The largest absolute Gasteiger partial charge is 0.294 e. The predicted molar refractivity (Wildman–Crippen MR) is 51.6 cm³/mol. The van der Waals surface area contributed by atoms with Crippen molar-refractivity contribution in [1.29, 1.82) is 0 Å². The smallest absolute Gasteiger partial charge is 0.160 e. The van der Waals surface area contributed by atoms with Crippen molar-refractivity contribution in [3.63, 3.8) is 0 Å². The van der Waals surface area contributed by atoms with Crippen LogP contribution in [0.15, 0.2) is 18.2 Å². The van der Waals surface area contributed by atoms with Crippen molar-refractivity contribution < 1.29 is 4.79 Å². The van der Waals surface area contributed by atoms with Crippen molar-refractivity contribution in [2.24, 2.45) is 0 Å². The van der Waals surface area contributed by atoms with Gasteiger partial charge in [-0.15, -0.1) is 0 Å². The summed E-state index contributed by atoms with van der Waals surface area (Å²) in [6.45, 7) is 1.87. The normalized spacial score (nSPS) is 15.2. The molecule has 1 aliphatic rings. The topological polar surface area (TPSA) is 30.0 Å². The Morgan fingerprint density at radius 1 is 1.46 bits per heavy atom. The lowest BCUT2D eigenvalue weighted by Crippen LogP contribution is -2.09. The Kier molecular flexibility index (Phi) is 1.93. The van der Waals surface area contributed by atoms with Gasteiger partial charge in [0.05, 0.1) is 5.69 Å². The van der Waals surface area contributed by atoms with Crippen LogP contribution in [0.25, 0.3) is 5.57 Å². The predicted octanol–water partition coefficient (Wildman–Crippen LogP) is 2.26. The highest BCUT2D eigenvalue weighted by Gasteiger charge is 2.15. The Bertz CT molecular complexity index is 409. The molecule has 1 aromatic rings. The van der Waals surface area contributed by atoms with E-state index < -0.39 is 0 Å². The van der Waals surface area contributed by atoms with Gasteiger partial charge in [0.25, 0.3) is 0 Å². The van der Waals surface area contributed by atoms with Crippen molar-refractivity contribution >= 4 is 23.0 Å². The molecule has 66 valence electrons.